The Hall–Kier alpha value is -2.42. The maximum absolute atomic E-state index is 12.2. The molecule has 2 N–H and O–H groups in total. The third-order valence-electron chi connectivity index (χ3n) is 5.54. The zero-order valence-electron chi connectivity index (χ0n) is 15.5. The van der Waals surface area contributed by atoms with Gasteiger partial charge in [0.05, 0.1) is 4.70 Å². The number of nitrogens with zero attached hydrogens (tertiary/aromatic N) is 3. The van der Waals surface area contributed by atoms with Gasteiger partial charge in [0.25, 0.3) is 0 Å². The average Bonchev–Trinajstić information content (AvgIpc) is 3.33. The predicted molar refractivity (Wildman–Crippen MR) is 120 cm³/mol. The molecule has 29 heavy (non-hydrogen) atoms. The SMILES string of the molecule is O=C(O)C(c1c[nH]c2cc(Br)ccc12)N1CCN(c2nsc3ccccc23)CC1. The summed E-state index contributed by atoms with van der Waals surface area (Å²) in [5.41, 5.74) is 1.75. The maximum atomic E-state index is 12.2. The van der Waals surface area contributed by atoms with Crippen molar-refractivity contribution in [2.45, 2.75) is 6.04 Å². The number of aliphatic carboxylic acids is 1. The summed E-state index contributed by atoms with van der Waals surface area (Å²) in [5.74, 6) is 0.190. The van der Waals surface area contributed by atoms with Gasteiger partial charge in [-0.1, -0.05) is 34.1 Å². The topological polar surface area (TPSA) is 72.5 Å². The average molecular weight is 471 g/mol. The van der Waals surface area contributed by atoms with Crippen molar-refractivity contribution >= 4 is 60.2 Å². The lowest BCUT2D eigenvalue weighted by molar-refractivity contribution is -0.143. The van der Waals surface area contributed by atoms with Crippen LogP contribution in [-0.4, -0.2) is 51.5 Å². The summed E-state index contributed by atoms with van der Waals surface area (Å²) in [4.78, 5) is 19.7. The summed E-state index contributed by atoms with van der Waals surface area (Å²) in [6.45, 7) is 2.86. The number of piperazine rings is 1. The van der Waals surface area contributed by atoms with Gasteiger partial charge < -0.3 is 15.0 Å². The van der Waals surface area contributed by atoms with Crippen LogP contribution in [0, 0.1) is 0 Å². The standard InChI is InChI=1S/C21H19BrN4O2S/c22-13-5-6-14-16(12-23-17(14)11-13)19(21(27)28)25-7-9-26(10-8-25)20-15-3-1-2-4-18(15)29-24-20/h1-6,11-12,19,23H,7-10H2,(H,27,28). The number of aromatic nitrogens is 2. The second-order valence-corrected chi connectivity index (χ2v) is 8.92. The minimum absolute atomic E-state index is 0.667. The Labute approximate surface area is 180 Å². The largest absolute Gasteiger partial charge is 0.480 e. The zero-order chi connectivity index (χ0) is 20.0. The van der Waals surface area contributed by atoms with Crippen LogP contribution in [0.3, 0.4) is 0 Å². The fourth-order valence-corrected chi connectivity index (χ4v) is 5.28. The normalized spacial score (nSPS) is 16.5. The summed E-state index contributed by atoms with van der Waals surface area (Å²) in [7, 11) is 0. The molecule has 4 aromatic rings. The Balaban J connectivity index is 1.39. The number of carboxylic acid groups (broad SMARTS) is 1. The zero-order valence-corrected chi connectivity index (χ0v) is 17.9. The van der Waals surface area contributed by atoms with Crippen LogP contribution in [0.2, 0.25) is 0 Å². The molecule has 1 aliphatic rings. The molecule has 148 valence electrons. The van der Waals surface area contributed by atoms with Crippen molar-refractivity contribution in [3.8, 4) is 0 Å². The summed E-state index contributed by atoms with van der Waals surface area (Å²) < 4.78 is 6.79. The Morgan fingerprint density at radius 3 is 2.72 bits per heavy atom. The quantitative estimate of drug-likeness (QED) is 0.459. The van der Waals surface area contributed by atoms with E-state index in [-0.39, 0.29) is 0 Å². The third-order valence-corrected chi connectivity index (χ3v) is 6.85. The molecule has 2 aromatic carbocycles. The van der Waals surface area contributed by atoms with E-state index in [1.54, 1.807) is 0 Å². The molecular weight excluding hydrogens is 452 g/mol. The fourth-order valence-electron chi connectivity index (χ4n) is 4.13. The number of hydrogen-bond acceptors (Lipinski definition) is 5. The molecule has 1 fully saturated rings. The van der Waals surface area contributed by atoms with Crippen LogP contribution in [0.5, 0.6) is 0 Å². The van der Waals surface area contributed by atoms with Gasteiger partial charge in [-0.15, -0.1) is 0 Å². The van der Waals surface area contributed by atoms with E-state index in [0.29, 0.717) is 13.1 Å². The lowest BCUT2D eigenvalue weighted by Crippen LogP contribution is -2.49. The molecule has 0 spiro atoms. The Kier molecular flexibility index (Phi) is 4.77. The number of halogens is 1. The predicted octanol–water partition coefficient (Wildman–Crippen LogP) is 4.49. The number of carboxylic acids is 1. The maximum Gasteiger partial charge on any atom is 0.325 e. The molecule has 1 aliphatic heterocycles. The monoisotopic (exact) mass is 470 g/mol. The minimum Gasteiger partial charge on any atom is -0.480 e. The highest BCUT2D eigenvalue weighted by molar-refractivity contribution is 9.10. The van der Waals surface area contributed by atoms with Crippen LogP contribution in [0.1, 0.15) is 11.6 Å². The molecule has 1 saturated heterocycles. The fraction of sp³-hybridized carbons (Fsp3) is 0.238. The van der Waals surface area contributed by atoms with Crippen molar-refractivity contribution in [3.05, 3.63) is 58.7 Å². The smallest absolute Gasteiger partial charge is 0.325 e. The van der Waals surface area contributed by atoms with Gasteiger partial charge in [0.2, 0.25) is 0 Å². The number of anilines is 1. The van der Waals surface area contributed by atoms with E-state index in [9.17, 15) is 9.90 Å². The molecule has 1 atom stereocenters. The number of benzene rings is 2. The van der Waals surface area contributed by atoms with Crippen LogP contribution in [0.4, 0.5) is 5.82 Å². The number of fused-ring (bicyclic) bond motifs is 2. The number of carbonyl (C=O) groups is 1. The summed E-state index contributed by atoms with van der Waals surface area (Å²) in [6.07, 6.45) is 1.83. The molecule has 0 radical (unpaired) electrons. The van der Waals surface area contributed by atoms with Gasteiger partial charge in [0, 0.05) is 58.7 Å². The van der Waals surface area contributed by atoms with E-state index in [2.05, 4.69) is 47.2 Å². The lowest BCUT2D eigenvalue weighted by Gasteiger charge is -2.38. The molecule has 0 bridgehead atoms. The molecule has 0 saturated carbocycles. The lowest BCUT2D eigenvalue weighted by atomic mass is 10.0. The second kappa shape index (κ2) is 7.44. The van der Waals surface area contributed by atoms with Crippen molar-refractivity contribution in [3.63, 3.8) is 0 Å². The van der Waals surface area contributed by atoms with E-state index in [4.69, 9.17) is 0 Å². The molecule has 0 amide bonds. The van der Waals surface area contributed by atoms with Crippen molar-refractivity contribution < 1.29 is 9.90 Å². The molecule has 1 unspecified atom stereocenters. The third kappa shape index (κ3) is 3.31. The van der Waals surface area contributed by atoms with Gasteiger partial charge >= 0.3 is 5.97 Å². The van der Waals surface area contributed by atoms with Crippen LogP contribution in [0.25, 0.3) is 21.0 Å². The number of rotatable bonds is 4. The van der Waals surface area contributed by atoms with E-state index in [0.717, 1.165) is 39.8 Å². The van der Waals surface area contributed by atoms with Crippen molar-refractivity contribution in [1.82, 2.24) is 14.3 Å². The Morgan fingerprint density at radius 1 is 1.14 bits per heavy atom. The van der Waals surface area contributed by atoms with Crippen molar-refractivity contribution in [1.29, 1.82) is 0 Å². The highest BCUT2D eigenvalue weighted by Crippen LogP contribution is 2.33. The van der Waals surface area contributed by atoms with Gasteiger partial charge in [-0.25, -0.2) is 0 Å². The molecule has 5 rings (SSSR count). The molecule has 6 nitrogen and oxygen atoms in total. The minimum atomic E-state index is -0.818. The Morgan fingerprint density at radius 2 is 1.93 bits per heavy atom. The number of H-pyrrole nitrogens is 1. The van der Waals surface area contributed by atoms with Gasteiger partial charge in [-0.2, -0.15) is 4.37 Å². The summed E-state index contributed by atoms with van der Waals surface area (Å²) >= 11 is 4.98. The molecule has 0 aliphatic carbocycles. The van der Waals surface area contributed by atoms with Crippen LogP contribution in [-0.2, 0) is 4.79 Å². The Bertz CT molecular complexity index is 1200. The number of nitrogens with one attached hydrogen (secondary N) is 1. The van der Waals surface area contributed by atoms with Crippen LogP contribution in [0.15, 0.2) is 53.1 Å². The first kappa shape index (κ1) is 18.6. The molecule has 2 aromatic heterocycles. The molecule has 3 heterocycles. The van der Waals surface area contributed by atoms with Crippen LogP contribution >= 0.6 is 27.5 Å². The van der Waals surface area contributed by atoms with E-state index >= 15 is 0 Å². The van der Waals surface area contributed by atoms with Gasteiger partial charge in [0.1, 0.15) is 11.9 Å². The first-order valence-corrected chi connectivity index (χ1v) is 11.0. The van der Waals surface area contributed by atoms with Gasteiger partial charge in [0.15, 0.2) is 0 Å². The number of hydrogen-bond donors (Lipinski definition) is 2. The van der Waals surface area contributed by atoms with Crippen molar-refractivity contribution in [2.75, 3.05) is 31.1 Å². The van der Waals surface area contributed by atoms with E-state index in [1.165, 1.54) is 21.6 Å². The van der Waals surface area contributed by atoms with Crippen LogP contribution < -0.4 is 4.90 Å². The number of aromatic amines is 1. The summed E-state index contributed by atoms with van der Waals surface area (Å²) in [5, 5.41) is 12.1. The highest BCUT2D eigenvalue weighted by atomic mass is 79.9. The van der Waals surface area contributed by atoms with Crippen molar-refractivity contribution in [2.24, 2.45) is 0 Å². The molecular formula is C21H19BrN4O2S. The highest BCUT2D eigenvalue weighted by Gasteiger charge is 2.32. The van der Waals surface area contributed by atoms with E-state index < -0.39 is 12.0 Å². The van der Waals surface area contributed by atoms with Gasteiger partial charge in [-0.3, -0.25) is 9.69 Å². The molecule has 8 heteroatoms. The first-order valence-electron chi connectivity index (χ1n) is 9.44. The van der Waals surface area contributed by atoms with Gasteiger partial charge in [-0.05, 0) is 35.8 Å². The van der Waals surface area contributed by atoms with E-state index in [1.807, 2.05) is 36.5 Å². The summed E-state index contributed by atoms with van der Waals surface area (Å²) in [6, 6.07) is 13.5. The second-order valence-electron chi connectivity index (χ2n) is 7.20. The first-order chi connectivity index (χ1) is 14.1.